The number of hydrogen-bond donors (Lipinski definition) is 2. The third kappa shape index (κ3) is 4.40. The topological polar surface area (TPSA) is 95.9 Å². The Hall–Kier alpha value is -3.35. The standard InChI is InChI=1S/C28H32N2O5/c1-2-13-28(26(32)33)14-15-30(17-28)25(31)24(18-11-12-18)29-27(34)35-16-23-21-9-5-3-7-19(21)20-8-4-6-10-22(20)23/h3-10,18,23-24H,2,11-17H2,1H3,(H,29,34)(H,32,33). The first-order chi connectivity index (χ1) is 16.9. The summed E-state index contributed by atoms with van der Waals surface area (Å²) in [6.07, 6.45) is 2.87. The molecular formula is C28H32N2O5. The zero-order valence-corrected chi connectivity index (χ0v) is 20.0. The number of alkyl carbamates (subject to hydrolysis) is 1. The van der Waals surface area contributed by atoms with Gasteiger partial charge in [-0.3, -0.25) is 9.59 Å². The van der Waals surface area contributed by atoms with Crippen LogP contribution in [0, 0.1) is 11.3 Å². The van der Waals surface area contributed by atoms with Gasteiger partial charge in [0.25, 0.3) is 0 Å². The van der Waals surface area contributed by atoms with E-state index in [4.69, 9.17) is 4.74 Å². The third-order valence-electron chi connectivity index (χ3n) is 7.82. The molecule has 7 heteroatoms. The molecule has 2 amide bonds. The SMILES string of the molecule is CCCC1(C(=O)O)CCN(C(=O)C(NC(=O)OCC2c3ccccc3-c3ccccc32)C2CC2)C1. The Morgan fingerprint density at radius 3 is 2.29 bits per heavy atom. The summed E-state index contributed by atoms with van der Waals surface area (Å²) < 4.78 is 5.66. The minimum absolute atomic E-state index is 0.0490. The number of fused-ring (bicyclic) bond motifs is 3. The van der Waals surface area contributed by atoms with Crippen LogP contribution < -0.4 is 5.32 Å². The molecular weight excluding hydrogens is 444 g/mol. The molecule has 1 aliphatic heterocycles. The van der Waals surface area contributed by atoms with E-state index in [9.17, 15) is 19.5 Å². The first-order valence-electron chi connectivity index (χ1n) is 12.6. The summed E-state index contributed by atoms with van der Waals surface area (Å²) in [7, 11) is 0. The second-order valence-electron chi connectivity index (χ2n) is 10.1. The van der Waals surface area contributed by atoms with Crippen molar-refractivity contribution < 1.29 is 24.2 Å². The van der Waals surface area contributed by atoms with Gasteiger partial charge in [0.15, 0.2) is 0 Å². The number of amides is 2. The van der Waals surface area contributed by atoms with Crippen molar-refractivity contribution in [3.63, 3.8) is 0 Å². The van der Waals surface area contributed by atoms with Gasteiger partial charge in [-0.05, 0) is 53.9 Å². The number of likely N-dealkylation sites (tertiary alicyclic amines) is 1. The molecule has 2 fully saturated rings. The summed E-state index contributed by atoms with van der Waals surface area (Å²) in [5.41, 5.74) is 3.70. The van der Waals surface area contributed by atoms with Gasteiger partial charge in [0.2, 0.25) is 5.91 Å². The van der Waals surface area contributed by atoms with Crippen LogP contribution in [0.3, 0.4) is 0 Å². The van der Waals surface area contributed by atoms with Gasteiger partial charge in [-0.25, -0.2) is 4.79 Å². The second-order valence-corrected chi connectivity index (χ2v) is 10.1. The van der Waals surface area contributed by atoms with Gasteiger partial charge < -0.3 is 20.1 Å². The Morgan fingerprint density at radius 1 is 1.09 bits per heavy atom. The minimum Gasteiger partial charge on any atom is -0.481 e. The molecule has 1 saturated heterocycles. The van der Waals surface area contributed by atoms with Gasteiger partial charge >= 0.3 is 12.1 Å². The molecule has 184 valence electrons. The quantitative estimate of drug-likeness (QED) is 0.589. The van der Waals surface area contributed by atoms with E-state index in [-0.39, 0.29) is 30.9 Å². The average molecular weight is 477 g/mol. The first kappa shape index (κ1) is 23.4. The summed E-state index contributed by atoms with van der Waals surface area (Å²) >= 11 is 0. The van der Waals surface area contributed by atoms with E-state index in [0.29, 0.717) is 19.4 Å². The minimum atomic E-state index is -0.887. The Labute approximate surface area is 205 Å². The van der Waals surface area contributed by atoms with E-state index in [1.165, 1.54) is 0 Å². The molecule has 2 aliphatic carbocycles. The Bertz CT molecular complexity index is 1100. The lowest BCUT2D eigenvalue weighted by atomic mass is 9.83. The molecule has 5 rings (SSSR count). The third-order valence-corrected chi connectivity index (χ3v) is 7.82. The van der Waals surface area contributed by atoms with Gasteiger partial charge in [-0.15, -0.1) is 0 Å². The summed E-state index contributed by atoms with van der Waals surface area (Å²) in [6, 6.07) is 15.6. The molecule has 0 radical (unpaired) electrons. The number of nitrogens with zero attached hydrogens (tertiary/aromatic N) is 1. The number of carboxylic acid groups (broad SMARTS) is 1. The highest BCUT2D eigenvalue weighted by atomic mass is 16.5. The molecule has 2 atom stereocenters. The van der Waals surface area contributed by atoms with Gasteiger partial charge in [-0.2, -0.15) is 0 Å². The van der Waals surface area contributed by atoms with E-state index < -0.39 is 23.5 Å². The number of carboxylic acids is 1. The predicted octanol–water partition coefficient (Wildman–Crippen LogP) is 4.41. The summed E-state index contributed by atoms with van der Waals surface area (Å²) in [4.78, 5) is 39.7. The van der Waals surface area contributed by atoms with Gasteiger partial charge in [0.1, 0.15) is 12.6 Å². The predicted molar refractivity (Wildman–Crippen MR) is 131 cm³/mol. The van der Waals surface area contributed by atoms with Crippen LogP contribution >= 0.6 is 0 Å². The number of rotatable bonds is 8. The molecule has 0 aromatic heterocycles. The highest BCUT2D eigenvalue weighted by Crippen LogP contribution is 2.44. The van der Waals surface area contributed by atoms with Crippen LogP contribution in [0.25, 0.3) is 11.1 Å². The van der Waals surface area contributed by atoms with Crippen LogP contribution in [0.1, 0.15) is 56.1 Å². The molecule has 2 aromatic carbocycles. The van der Waals surface area contributed by atoms with Gasteiger partial charge in [-0.1, -0.05) is 61.9 Å². The Morgan fingerprint density at radius 2 is 1.71 bits per heavy atom. The highest BCUT2D eigenvalue weighted by Gasteiger charge is 2.48. The van der Waals surface area contributed by atoms with E-state index >= 15 is 0 Å². The number of benzene rings is 2. The fourth-order valence-corrected chi connectivity index (χ4v) is 5.80. The summed E-state index contributed by atoms with van der Waals surface area (Å²) in [5.74, 6) is -1.01. The number of hydrogen-bond acceptors (Lipinski definition) is 4. The number of carbonyl (C=O) groups is 3. The summed E-state index contributed by atoms with van der Waals surface area (Å²) in [5, 5.41) is 12.6. The average Bonchev–Trinajstić information content (AvgIpc) is 3.53. The smallest absolute Gasteiger partial charge is 0.407 e. The molecule has 2 aromatic rings. The van der Waals surface area contributed by atoms with Crippen molar-refractivity contribution in [1.82, 2.24) is 10.2 Å². The van der Waals surface area contributed by atoms with Crippen LogP contribution in [0.5, 0.6) is 0 Å². The molecule has 0 bridgehead atoms. The maximum absolute atomic E-state index is 13.3. The lowest BCUT2D eigenvalue weighted by Gasteiger charge is -2.27. The lowest BCUT2D eigenvalue weighted by molar-refractivity contribution is -0.149. The number of nitrogens with one attached hydrogen (secondary N) is 1. The monoisotopic (exact) mass is 476 g/mol. The van der Waals surface area contributed by atoms with Crippen molar-refractivity contribution in [2.24, 2.45) is 11.3 Å². The molecule has 0 spiro atoms. The normalized spacial score (nSPS) is 21.8. The largest absolute Gasteiger partial charge is 0.481 e. The van der Waals surface area contributed by atoms with E-state index in [1.807, 2.05) is 31.2 Å². The van der Waals surface area contributed by atoms with Gasteiger partial charge in [0, 0.05) is 19.0 Å². The van der Waals surface area contributed by atoms with Crippen molar-refractivity contribution >= 4 is 18.0 Å². The van der Waals surface area contributed by atoms with Crippen molar-refractivity contribution in [3.05, 3.63) is 59.7 Å². The summed E-state index contributed by atoms with van der Waals surface area (Å²) in [6.45, 7) is 2.75. The number of carbonyl (C=O) groups excluding carboxylic acids is 2. The lowest BCUT2D eigenvalue weighted by Crippen LogP contribution is -2.50. The van der Waals surface area contributed by atoms with Crippen molar-refractivity contribution in [1.29, 1.82) is 0 Å². The molecule has 2 unspecified atom stereocenters. The van der Waals surface area contributed by atoms with Gasteiger partial charge in [0.05, 0.1) is 5.41 Å². The zero-order valence-electron chi connectivity index (χ0n) is 20.0. The molecule has 35 heavy (non-hydrogen) atoms. The van der Waals surface area contributed by atoms with Crippen LogP contribution in [0.15, 0.2) is 48.5 Å². The maximum Gasteiger partial charge on any atom is 0.407 e. The molecule has 7 nitrogen and oxygen atoms in total. The Kier molecular flexibility index (Phi) is 6.26. The first-order valence-corrected chi connectivity index (χ1v) is 12.6. The molecule has 2 N–H and O–H groups in total. The van der Waals surface area contributed by atoms with Crippen molar-refractivity contribution in [2.75, 3.05) is 19.7 Å². The second kappa shape index (κ2) is 9.36. The number of ether oxygens (including phenoxy) is 1. The van der Waals surface area contributed by atoms with Crippen LogP contribution in [0.4, 0.5) is 4.79 Å². The number of aliphatic carboxylic acids is 1. The van der Waals surface area contributed by atoms with Crippen molar-refractivity contribution in [2.45, 2.75) is 51.0 Å². The van der Waals surface area contributed by atoms with E-state index in [1.54, 1.807) is 4.90 Å². The van der Waals surface area contributed by atoms with E-state index in [2.05, 4.69) is 29.6 Å². The zero-order chi connectivity index (χ0) is 24.6. The molecule has 3 aliphatic rings. The fraction of sp³-hybridized carbons (Fsp3) is 0.464. The highest BCUT2D eigenvalue weighted by molar-refractivity contribution is 5.88. The molecule has 1 heterocycles. The van der Waals surface area contributed by atoms with Crippen LogP contribution in [-0.2, 0) is 14.3 Å². The van der Waals surface area contributed by atoms with Crippen molar-refractivity contribution in [3.8, 4) is 11.1 Å². The van der Waals surface area contributed by atoms with Crippen LogP contribution in [0.2, 0.25) is 0 Å². The van der Waals surface area contributed by atoms with Crippen LogP contribution in [-0.4, -0.2) is 53.7 Å². The Balaban J connectivity index is 1.24. The van der Waals surface area contributed by atoms with E-state index in [0.717, 1.165) is 41.5 Å². The fourth-order valence-electron chi connectivity index (χ4n) is 5.80. The maximum atomic E-state index is 13.3. The molecule has 1 saturated carbocycles.